The van der Waals surface area contributed by atoms with Gasteiger partial charge in [-0.3, -0.25) is 0 Å². The van der Waals surface area contributed by atoms with Gasteiger partial charge in [-0.25, -0.2) is 4.98 Å². The van der Waals surface area contributed by atoms with Gasteiger partial charge < -0.3 is 8.83 Å². The van der Waals surface area contributed by atoms with Crippen LogP contribution in [0.4, 0.5) is 0 Å². The molecule has 3 heteroatoms. The number of rotatable bonds is 3. The highest BCUT2D eigenvalue weighted by molar-refractivity contribution is 5.80. The maximum absolute atomic E-state index is 5.79. The molecule has 2 heterocycles. The first-order valence-electron chi connectivity index (χ1n) is 7.06. The Hall–Kier alpha value is -3.07. The summed E-state index contributed by atoms with van der Waals surface area (Å²) in [7, 11) is 0. The predicted octanol–water partition coefficient (Wildman–Crippen LogP) is 5.26. The number of aromatic nitrogens is 1. The molecule has 0 aliphatic heterocycles. The van der Waals surface area contributed by atoms with Gasteiger partial charge in [0.05, 0.1) is 6.26 Å². The normalized spacial score (nSPS) is 11.5. The Morgan fingerprint density at radius 1 is 0.864 bits per heavy atom. The van der Waals surface area contributed by atoms with Crippen LogP contribution in [-0.4, -0.2) is 4.98 Å². The Morgan fingerprint density at radius 2 is 1.77 bits per heavy atom. The molecule has 0 saturated heterocycles. The van der Waals surface area contributed by atoms with Gasteiger partial charge in [0.1, 0.15) is 11.3 Å². The lowest BCUT2D eigenvalue weighted by molar-refractivity contribution is 0.580. The van der Waals surface area contributed by atoms with Crippen molar-refractivity contribution in [3.63, 3.8) is 0 Å². The van der Waals surface area contributed by atoms with Crippen molar-refractivity contribution in [2.75, 3.05) is 0 Å². The van der Waals surface area contributed by atoms with Crippen LogP contribution >= 0.6 is 0 Å². The molecule has 2 aromatic carbocycles. The summed E-state index contributed by atoms with van der Waals surface area (Å²) in [6.07, 6.45) is 5.52. The number of hydrogen-bond acceptors (Lipinski definition) is 3. The molecule has 0 spiro atoms. The van der Waals surface area contributed by atoms with Crippen LogP contribution in [0.2, 0.25) is 0 Å². The topological polar surface area (TPSA) is 39.2 Å². The Balaban J connectivity index is 1.67. The fourth-order valence-electron chi connectivity index (χ4n) is 2.34. The first-order chi connectivity index (χ1) is 10.9. The van der Waals surface area contributed by atoms with Crippen molar-refractivity contribution in [2.24, 2.45) is 0 Å². The van der Waals surface area contributed by atoms with Crippen LogP contribution in [0.3, 0.4) is 0 Å². The first-order valence-corrected chi connectivity index (χ1v) is 7.06. The van der Waals surface area contributed by atoms with E-state index in [2.05, 4.69) is 4.98 Å². The third kappa shape index (κ3) is 2.44. The summed E-state index contributed by atoms with van der Waals surface area (Å²) >= 11 is 0. The molecular formula is C19H13NO2. The number of furan rings is 1. The molecule has 0 aliphatic carbocycles. The summed E-state index contributed by atoms with van der Waals surface area (Å²) in [5.41, 5.74) is 3.68. The van der Waals surface area contributed by atoms with Crippen molar-refractivity contribution < 1.29 is 8.83 Å². The van der Waals surface area contributed by atoms with E-state index in [-0.39, 0.29) is 0 Å². The zero-order chi connectivity index (χ0) is 14.8. The zero-order valence-electron chi connectivity index (χ0n) is 11.8. The van der Waals surface area contributed by atoms with Gasteiger partial charge in [0.2, 0.25) is 5.89 Å². The van der Waals surface area contributed by atoms with E-state index in [1.165, 1.54) is 0 Å². The Bertz CT molecular complexity index is 919. The van der Waals surface area contributed by atoms with Gasteiger partial charge in [-0.2, -0.15) is 0 Å². The molecule has 2 aromatic heterocycles. The third-order valence-electron chi connectivity index (χ3n) is 3.43. The monoisotopic (exact) mass is 287 g/mol. The van der Waals surface area contributed by atoms with Gasteiger partial charge in [-0.15, -0.1) is 0 Å². The molecule has 0 aliphatic rings. The van der Waals surface area contributed by atoms with Crippen molar-refractivity contribution >= 4 is 23.3 Å². The largest absolute Gasteiger partial charge is 0.464 e. The maximum atomic E-state index is 5.79. The smallest absolute Gasteiger partial charge is 0.220 e. The molecule has 0 bridgehead atoms. The quantitative estimate of drug-likeness (QED) is 0.516. The lowest BCUT2D eigenvalue weighted by Crippen LogP contribution is -1.73. The average molecular weight is 287 g/mol. The van der Waals surface area contributed by atoms with Gasteiger partial charge in [-0.05, 0) is 42.0 Å². The molecule has 22 heavy (non-hydrogen) atoms. The first kappa shape index (κ1) is 12.7. The number of benzene rings is 2. The van der Waals surface area contributed by atoms with Gasteiger partial charge >= 0.3 is 0 Å². The summed E-state index contributed by atoms with van der Waals surface area (Å²) < 4.78 is 11.2. The SMILES string of the molecule is C(=C\c1nc2ccc(-c3ccco3)cc2o1)/c1ccccc1. The zero-order valence-corrected chi connectivity index (χ0v) is 11.8. The van der Waals surface area contributed by atoms with Crippen LogP contribution < -0.4 is 0 Å². The van der Waals surface area contributed by atoms with Crippen LogP contribution in [0.5, 0.6) is 0 Å². The van der Waals surface area contributed by atoms with Crippen molar-refractivity contribution in [2.45, 2.75) is 0 Å². The molecule has 0 unspecified atom stereocenters. The molecular weight excluding hydrogens is 274 g/mol. The summed E-state index contributed by atoms with van der Waals surface area (Å²) in [5, 5.41) is 0. The van der Waals surface area contributed by atoms with E-state index in [0.29, 0.717) is 5.89 Å². The fraction of sp³-hybridized carbons (Fsp3) is 0. The van der Waals surface area contributed by atoms with E-state index in [1.54, 1.807) is 6.26 Å². The van der Waals surface area contributed by atoms with Crippen LogP contribution in [0.25, 0.3) is 34.6 Å². The minimum absolute atomic E-state index is 0.593. The average Bonchev–Trinajstić information content (AvgIpc) is 3.22. The standard InChI is InChI=1S/C19H13NO2/c1-2-5-14(6-3-1)8-11-19-20-16-10-9-15(13-18(16)22-19)17-7-4-12-21-17/h1-13H/b11-8+. The van der Waals surface area contributed by atoms with Crippen molar-refractivity contribution in [1.82, 2.24) is 4.98 Å². The van der Waals surface area contributed by atoms with Gasteiger partial charge in [0.15, 0.2) is 5.58 Å². The molecule has 0 N–H and O–H groups in total. The molecule has 0 radical (unpaired) electrons. The highest BCUT2D eigenvalue weighted by Gasteiger charge is 2.07. The van der Waals surface area contributed by atoms with E-state index >= 15 is 0 Å². The number of hydrogen-bond donors (Lipinski definition) is 0. The van der Waals surface area contributed by atoms with E-state index in [0.717, 1.165) is 28.0 Å². The molecule has 0 amide bonds. The van der Waals surface area contributed by atoms with E-state index in [9.17, 15) is 0 Å². The van der Waals surface area contributed by atoms with Gasteiger partial charge in [0, 0.05) is 11.6 Å². The van der Waals surface area contributed by atoms with Crippen LogP contribution in [0.15, 0.2) is 75.8 Å². The summed E-state index contributed by atoms with van der Waals surface area (Å²) in [4.78, 5) is 4.47. The Labute approximate surface area is 127 Å². The van der Waals surface area contributed by atoms with E-state index in [4.69, 9.17) is 8.83 Å². The summed E-state index contributed by atoms with van der Waals surface area (Å²) in [5.74, 6) is 1.41. The predicted molar refractivity (Wildman–Crippen MR) is 87.1 cm³/mol. The molecule has 4 aromatic rings. The minimum atomic E-state index is 0.593. The Kier molecular flexibility index (Phi) is 3.09. The second-order valence-electron chi connectivity index (χ2n) is 4.96. The van der Waals surface area contributed by atoms with Gasteiger partial charge in [0.25, 0.3) is 0 Å². The molecule has 0 atom stereocenters. The highest BCUT2D eigenvalue weighted by Crippen LogP contribution is 2.25. The number of oxazole rings is 1. The van der Waals surface area contributed by atoms with E-state index in [1.807, 2.05) is 72.8 Å². The molecule has 3 nitrogen and oxygen atoms in total. The lowest BCUT2D eigenvalue weighted by Gasteiger charge is -1.94. The van der Waals surface area contributed by atoms with Crippen molar-refractivity contribution in [1.29, 1.82) is 0 Å². The highest BCUT2D eigenvalue weighted by atomic mass is 16.3. The maximum Gasteiger partial charge on any atom is 0.220 e. The number of fused-ring (bicyclic) bond motifs is 1. The lowest BCUT2D eigenvalue weighted by atomic mass is 10.1. The summed E-state index contributed by atoms with van der Waals surface area (Å²) in [6.45, 7) is 0. The van der Waals surface area contributed by atoms with Crippen molar-refractivity contribution in [3.8, 4) is 11.3 Å². The summed E-state index contributed by atoms with van der Waals surface area (Å²) in [6, 6.07) is 19.7. The van der Waals surface area contributed by atoms with E-state index < -0.39 is 0 Å². The molecule has 106 valence electrons. The second-order valence-corrected chi connectivity index (χ2v) is 4.96. The van der Waals surface area contributed by atoms with Crippen LogP contribution in [0, 0.1) is 0 Å². The third-order valence-corrected chi connectivity index (χ3v) is 3.43. The second kappa shape index (κ2) is 5.37. The Morgan fingerprint density at radius 3 is 2.59 bits per heavy atom. The molecule has 4 rings (SSSR count). The van der Waals surface area contributed by atoms with Crippen molar-refractivity contribution in [3.05, 3.63) is 78.4 Å². The number of nitrogens with zero attached hydrogens (tertiary/aromatic N) is 1. The molecule has 0 fully saturated rings. The fourth-order valence-corrected chi connectivity index (χ4v) is 2.34. The van der Waals surface area contributed by atoms with Crippen LogP contribution in [0.1, 0.15) is 11.5 Å². The van der Waals surface area contributed by atoms with Crippen LogP contribution in [-0.2, 0) is 0 Å². The van der Waals surface area contributed by atoms with Gasteiger partial charge in [-0.1, -0.05) is 30.3 Å². The minimum Gasteiger partial charge on any atom is -0.464 e. The molecule has 0 saturated carbocycles.